The average molecular weight is 343 g/mol. The van der Waals surface area contributed by atoms with Gasteiger partial charge in [-0.15, -0.1) is 11.3 Å². The molecule has 23 heavy (non-hydrogen) atoms. The van der Waals surface area contributed by atoms with Crippen LogP contribution in [0.5, 0.6) is 0 Å². The molecule has 0 bridgehead atoms. The van der Waals surface area contributed by atoms with E-state index in [0.29, 0.717) is 22.2 Å². The Hall–Kier alpha value is -2.69. The van der Waals surface area contributed by atoms with Gasteiger partial charge in [-0.1, -0.05) is 17.7 Å². The molecule has 0 unspecified atom stereocenters. The number of H-pyrrole nitrogens is 1. The van der Waals surface area contributed by atoms with E-state index in [1.807, 2.05) is 19.1 Å². The van der Waals surface area contributed by atoms with Gasteiger partial charge in [-0.25, -0.2) is 9.98 Å². The van der Waals surface area contributed by atoms with Gasteiger partial charge in [0.2, 0.25) is 0 Å². The van der Waals surface area contributed by atoms with Gasteiger partial charge in [0.15, 0.2) is 5.82 Å². The van der Waals surface area contributed by atoms with Crippen LogP contribution in [0.15, 0.2) is 34.8 Å². The number of aromatic nitrogens is 3. The van der Waals surface area contributed by atoms with Gasteiger partial charge in [0, 0.05) is 16.9 Å². The number of anilines is 2. The van der Waals surface area contributed by atoms with Crippen LogP contribution in [-0.4, -0.2) is 21.4 Å². The standard InChI is InChI=1S/C15H11ClN6S/c1-9-13(23-8-19-9)7-18-14-12(6-17)15(22-21-14)20-11-4-2-3-10(16)5-11/h2-5,7-8H,1H3,(H2,20,21,22). The normalized spacial score (nSPS) is 10.8. The quantitative estimate of drug-likeness (QED) is 0.695. The molecule has 2 N–H and O–H groups in total. The van der Waals surface area contributed by atoms with Crippen molar-refractivity contribution in [2.75, 3.05) is 5.32 Å². The number of hydrogen-bond donors (Lipinski definition) is 2. The molecule has 8 heteroatoms. The van der Waals surface area contributed by atoms with Gasteiger partial charge in [-0.3, -0.25) is 5.10 Å². The lowest BCUT2D eigenvalue weighted by Gasteiger charge is -2.03. The largest absolute Gasteiger partial charge is 0.339 e. The monoisotopic (exact) mass is 342 g/mol. The number of halogens is 1. The van der Waals surface area contributed by atoms with E-state index in [2.05, 4.69) is 31.6 Å². The molecule has 0 amide bonds. The predicted octanol–water partition coefficient (Wildman–Crippen LogP) is 4.19. The maximum Gasteiger partial charge on any atom is 0.193 e. The number of nitriles is 1. The van der Waals surface area contributed by atoms with Crippen molar-refractivity contribution in [2.45, 2.75) is 6.92 Å². The van der Waals surface area contributed by atoms with Crippen molar-refractivity contribution in [3.63, 3.8) is 0 Å². The molecule has 3 aromatic rings. The maximum absolute atomic E-state index is 9.37. The summed E-state index contributed by atoms with van der Waals surface area (Å²) < 4.78 is 0. The van der Waals surface area contributed by atoms with Crippen molar-refractivity contribution < 1.29 is 0 Å². The number of rotatable bonds is 4. The highest BCUT2D eigenvalue weighted by Gasteiger charge is 2.12. The minimum Gasteiger partial charge on any atom is -0.339 e. The number of nitrogens with one attached hydrogen (secondary N) is 2. The highest BCUT2D eigenvalue weighted by molar-refractivity contribution is 7.11. The fraction of sp³-hybridized carbons (Fsp3) is 0.0667. The van der Waals surface area contributed by atoms with Crippen molar-refractivity contribution in [1.82, 2.24) is 15.2 Å². The zero-order chi connectivity index (χ0) is 16.2. The van der Waals surface area contributed by atoms with Crippen LogP contribution in [0.1, 0.15) is 16.1 Å². The second-order valence-electron chi connectivity index (χ2n) is 4.60. The first-order valence-corrected chi connectivity index (χ1v) is 7.88. The zero-order valence-electron chi connectivity index (χ0n) is 12.0. The van der Waals surface area contributed by atoms with E-state index in [-0.39, 0.29) is 0 Å². The second-order valence-corrected chi connectivity index (χ2v) is 5.93. The van der Waals surface area contributed by atoms with Gasteiger partial charge in [-0.05, 0) is 25.1 Å². The first-order valence-electron chi connectivity index (χ1n) is 6.62. The summed E-state index contributed by atoms with van der Waals surface area (Å²) in [6.45, 7) is 1.90. The van der Waals surface area contributed by atoms with Crippen molar-refractivity contribution in [3.8, 4) is 6.07 Å². The second kappa shape index (κ2) is 6.60. The van der Waals surface area contributed by atoms with Crippen LogP contribution in [0.3, 0.4) is 0 Å². The molecule has 0 fully saturated rings. The Balaban J connectivity index is 1.87. The summed E-state index contributed by atoms with van der Waals surface area (Å²) in [5.41, 5.74) is 3.73. The van der Waals surface area contributed by atoms with E-state index in [1.54, 1.807) is 23.9 Å². The minimum atomic E-state index is 0.324. The smallest absolute Gasteiger partial charge is 0.193 e. The molecule has 0 saturated heterocycles. The minimum absolute atomic E-state index is 0.324. The number of thiazole rings is 1. The third-order valence-electron chi connectivity index (χ3n) is 3.04. The number of aromatic amines is 1. The van der Waals surface area contributed by atoms with E-state index in [4.69, 9.17) is 11.6 Å². The molecule has 114 valence electrons. The van der Waals surface area contributed by atoms with Gasteiger partial charge >= 0.3 is 0 Å². The number of benzene rings is 1. The molecule has 0 spiro atoms. The molecule has 0 atom stereocenters. The molecule has 0 radical (unpaired) electrons. The molecule has 2 aromatic heterocycles. The summed E-state index contributed by atoms with van der Waals surface area (Å²) in [6.07, 6.45) is 1.66. The molecule has 1 aromatic carbocycles. The molecular formula is C15H11ClN6S. The predicted molar refractivity (Wildman–Crippen MR) is 92.1 cm³/mol. The van der Waals surface area contributed by atoms with Gasteiger partial charge < -0.3 is 5.32 Å². The van der Waals surface area contributed by atoms with Crippen LogP contribution in [0, 0.1) is 18.3 Å². The molecule has 0 aliphatic heterocycles. The first-order chi connectivity index (χ1) is 11.2. The lowest BCUT2D eigenvalue weighted by Crippen LogP contribution is -1.92. The first kappa shape index (κ1) is 15.2. The Labute approximate surface area is 141 Å². The van der Waals surface area contributed by atoms with Gasteiger partial charge in [0.25, 0.3) is 0 Å². The summed E-state index contributed by atoms with van der Waals surface area (Å²) in [5, 5.41) is 19.9. The van der Waals surface area contributed by atoms with Gasteiger partial charge in [-0.2, -0.15) is 10.4 Å². The van der Waals surface area contributed by atoms with Crippen molar-refractivity contribution >= 4 is 46.5 Å². The Kier molecular flexibility index (Phi) is 4.37. The third-order valence-corrected chi connectivity index (χ3v) is 4.14. The highest BCUT2D eigenvalue weighted by atomic mass is 35.5. The van der Waals surface area contributed by atoms with Gasteiger partial charge in [0.05, 0.1) is 16.1 Å². The van der Waals surface area contributed by atoms with Crippen molar-refractivity contribution in [1.29, 1.82) is 5.26 Å². The van der Waals surface area contributed by atoms with Crippen molar-refractivity contribution in [2.24, 2.45) is 4.99 Å². The molecule has 3 rings (SSSR count). The Bertz CT molecular complexity index is 905. The average Bonchev–Trinajstić information content (AvgIpc) is 3.11. The summed E-state index contributed by atoms with van der Waals surface area (Å²) in [5.74, 6) is 0.799. The Morgan fingerprint density at radius 3 is 3.04 bits per heavy atom. The summed E-state index contributed by atoms with van der Waals surface area (Å²) >= 11 is 7.43. The zero-order valence-corrected chi connectivity index (χ0v) is 13.6. The fourth-order valence-corrected chi connectivity index (χ4v) is 2.74. The molecule has 0 aliphatic carbocycles. The molecule has 0 aliphatic rings. The van der Waals surface area contributed by atoms with Crippen LogP contribution < -0.4 is 5.32 Å². The van der Waals surface area contributed by atoms with Crippen LogP contribution in [-0.2, 0) is 0 Å². The van der Waals surface area contributed by atoms with Crippen LogP contribution in [0.2, 0.25) is 5.02 Å². The lowest BCUT2D eigenvalue weighted by atomic mass is 10.3. The van der Waals surface area contributed by atoms with Crippen molar-refractivity contribution in [3.05, 3.63) is 50.9 Å². The summed E-state index contributed by atoms with van der Waals surface area (Å²) in [6, 6.07) is 9.30. The number of aliphatic imine (C=N–C) groups is 1. The van der Waals surface area contributed by atoms with E-state index in [1.165, 1.54) is 11.3 Å². The molecule has 0 saturated carbocycles. The van der Waals surface area contributed by atoms with Crippen LogP contribution in [0.4, 0.5) is 17.3 Å². The van der Waals surface area contributed by atoms with E-state index in [9.17, 15) is 5.26 Å². The highest BCUT2D eigenvalue weighted by Crippen LogP contribution is 2.27. The van der Waals surface area contributed by atoms with E-state index >= 15 is 0 Å². The Morgan fingerprint density at radius 2 is 2.35 bits per heavy atom. The summed E-state index contributed by atoms with van der Waals surface area (Å²) in [7, 11) is 0. The fourth-order valence-electron chi connectivity index (χ4n) is 1.89. The maximum atomic E-state index is 9.37. The topological polar surface area (TPSA) is 89.8 Å². The van der Waals surface area contributed by atoms with Crippen LogP contribution in [0.25, 0.3) is 0 Å². The van der Waals surface area contributed by atoms with E-state index < -0.39 is 0 Å². The van der Waals surface area contributed by atoms with Gasteiger partial charge in [0.1, 0.15) is 17.5 Å². The third kappa shape index (κ3) is 3.39. The molecule has 2 heterocycles. The Morgan fingerprint density at radius 1 is 1.48 bits per heavy atom. The molecular weight excluding hydrogens is 332 g/mol. The summed E-state index contributed by atoms with van der Waals surface area (Å²) in [4.78, 5) is 9.36. The van der Waals surface area contributed by atoms with E-state index in [0.717, 1.165) is 16.3 Å². The number of nitrogens with zero attached hydrogens (tertiary/aromatic N) is 4. The van der Waals surface area contributed by atoms with Crippen LogP contribution >= 0.6 is 22.9 Å². The number of hydrogen-bond acceptors (Lipinski definition) is 6. The number of aryl methyl sites for hydroxylation is 1. The SMILES string of the molecule is Cc1ncsc1C=Nc1n[nH]c(Nc2cccc(Cl)c2)c1C#N. The lowest BCUT2D eigenvalue weighted by molar-refractivity contribution is 1.09. The molecule has 6 nitrogen and oxygen atoms in total.